The first-order valence-electron chi connectivity index (χ1n) is 10.9. The number of benzene rings is 1. The number of aromatic nitrogens is 2. The Kier molecular flexibility index (Phi) is 6.77. The predicted molar refractivity (Wildman–Crippen MR) is 125 cm³/mol. The molecular formula is C23H30N6O3. The number of imidazole rings is 1. The fourth-order valence-corrected chi connectivity index (χ4v) is 3.77. The molecule has 0 bridgehead atoms. The minimum Gasteiger partial charge on any atom is -0.493 e. The zero-order chi connectivity index (χ0) is 22.5. The second kappa shape index (κ2) is 9.88. The number of rotatable bonds is 8. The van der Waals surface area contributed by atoms with Crippen LogP contribution in [0.15, 0.2) is 56.9 Å². The number of hydrogen-bond acceptors (Lipinski definition) is 7. The van der Waals surface area contributed by atoms with E-state index in [4.69, 9.17) is 10.2 Å². The Bertz CT molecular complexity index is 1100. The van der Waals surface area contributed by atoms with Gasteiger partial charge < -0.3 is 25.1 Å². The summed E-state index contributed by atoms with van der Waals surface area (Å²) in [5.74, 6) is 1.09. The maximum atomic E-state index is 12.6. The van der Waals surface area contributed by atoms with Gasteiger partial charge in [-0.1, -0.05) is 0 Å². The summed E-state index contributed by atoms with van der Waals surface area (Å²) in [4.78, 5) is 17.4. The van der Waals surface area contributed by atoms with Gasteiger partial charge in [-0.3, -0.25) is 4.57 Å². The fourth-order valence-electron chi connectivity index (χ4n) is 3.77. The summed E-state index contributed by atoms with van der Waals surface area (Å²) in [5.41, 5.74) is 6.93. The number of nitrogen functional groups attached to an aromatic ring is 1. The van der Waals surface area contributed by atoms with Crippen LogP contribution in [-0.4, -0.2) is 70.1 Å². The number of piperazine rings is 1. The molecule has 1 aromatic carbocycles. The Hall–Kier alpha value is -3.30. The van der Waals surface area contributed by atoms with E-state index in [-0.39, 0.29) is 11.6 Å². The molecule has 9 heteroatoms. The number of unbranched alkanes of at least 4 members (excludes halogenated alkanes) is 1. The van der Waals surface area contributed by atoms with Crippen molar-refractivity contribution in [1.82, 2.24) is 19.0 Å². The Morgan fingerprint density at radius 3 is 2.53 bits per heavy atom. The topological polar surface area (TPSA) is 105 Å². The number of nitrogens with two attached hydrogens (primary N) is 1. The van der Waals surface area contributed by atoms with Crippen LogP contribution in [0.2, 0.25) is 0 Å². The quantitative estimate of drug-likeness (QED) is 0.317. The van der Waals surface area contributed by atoms with Crippen LogP contribution in [0, 0.1) is 0 Å². The molecule has 0 spiro atoms. The van der Waals surface area contributed by atoms with Crippen LogP contribution >= 0.6 is 0 Å². The third-order valence-corrected chi connectivity index (χ3v) is 5.77. The number of aromatic hydroxyl groups is 1. The zero-order valence-corrected chi connectivity index (χ0v) is 18.4. The lowest BCUT2D eigenvalue weighted by molar-refractivity contribution is 0.151. The Balaban J connectivity index is 1.33. The third-order valence-electron chi connectivity index (χ3n) is 5.77. The highest BCUT2D eigenvalue weighted by molar-refractivity contribution is 5.77. The van der Waals surface area contributed by atoms with Gasteiger partial charge in [0.05, 0.1) is 12.4 Å². The van der Waals surface area contributed by atoms with Gasteiger partial charge >= 0.3 is 5.69 Å². The summed E-state index contributed by atoms with van der Waals surface area (Å²) >= 11 is 0. The summed E-state index contributed by atoms with van der Waals surface area (Å²) < 4.78 is 8.25. The van der Waals surface area contributed by atoms with E-state index in [1.54, 1.807) is 6.07 Å². The van der Waals surface area contributed by atoms with E-state index in [0.29, 0.717) is 23.8 Å². The van der Waals surface area contributed by atoms with Gasteiger partial charge in [0, 0.05) is 44.0 Å². The van der Waals surface area contributed by atoms with Crippen molar-refractivity contribution in [3.63, 3.8) is 0 Å². The van der Waals surface area contributed by atoms with Crippen LogP contribution in [0.3, 0.4) is 0 Å². The molecule has 1 aliphatic heterocycles. The van der Waals surface area contributed by atoms with Crippen molar-refractivity contribution in [2.24, 2.45) is 5.10 Å². The average Bonchev–Trinajstić information content (AvgIpc) is 3.36. The van der Waals surface area contributed by atoms with Crippen LogP contribution < -0.4 is 11.4 Å². The molecule has 1 aliphatic rings. The lowest BCUT2D eigenvalue weighted by Gasteiger charge is -2.32. The van der Waals surface area contributed by atoms with E-state index in [9.17, 15) is 9.90 Å². The SMILES string of the molecule is CN1CCN(CCCCn2c(O)cn(N=Cc3ccc(-c4ccc(N)cc4)o3)c2=O)CC1. The molecule has 32 heavy (non-hydrogen) atoms. The van der Waals surface area contributed by atoms with E-state index in [1.165, 1.54) is 17.0 Å². The first kappa shape index (κ1) is 21.9. The molecule has 170 valence electrons. The molecule has 0 unspecified atom stereocenters. The van der Waals surface area contributed by atoms with Gasteiger partial charge in [0.15, 0.2) is 0 Å². The van der Waals surface area contributed by atoms with Crippen molar-refractivity contribution in [3.05, 3.63) is 58.8 Å². The van der Waals surface area contributed by atoms with Crippen molar-refractivity contribution in [2.75, 3.05) is 45.5 Å². The molecule has 0 aliphatic carbocycles. The molecular weight excluding hydrogens is 408 g/mol. The third kappa shape index (κ3) is 5.30. The normalized spacial score (nSPS) is 15.7. The van der Waals surface area contributed by atoms with Gasteiger partial charge in [-0.05, 0) is 62.8 Å². The monoisotopic (exact) mass is 438 g/mol. The molecule has 3 heterocycles. The highest BCUT2D eigenvalue weighted by Gasteiger charge is 2.14. The second-order valence-corrected chi connectivity index (χ2v) is 8.19. The summed E-state index contributed by atoms with van der Waals surface area (Å²) in [6.45, 7) is 5.83. The van der Waals surface area contributed by atoms with Gasteiger partial charge in [0.25, 0.3) is 0 Å². The van der Waals surface area contributed by atoms with Crippen molar-refractivity contribution in [1.29, 1.82) is 0 Å². The van der Waals surface area contributed by atoms with E-state index < -0.39 is 0 Å². The summed E-state index contributed by atoms with van der Waals surface area (Å²) in [7, 11) is 2.14. The largest absolute Gasteiger partial charge is 0.493 e. The molecule has 3 aromatic rings. The molecule has 1 saturated heterocycles. The second-order valence-electron chi connectivity index (χ2n) is 8.19. The van der Waals surface area contributed by atoms with E-state index in [1.807, 2.05) is 30.3 Å². The van der Waals surface area contributed by atoms with E-state index in [0.717, 1.165) is 55.8 Å². The molecule has 9 nitrogen and oxygen atoms in total. The summed E-state index contributed by atoms with van der Waals surface area (Å²) in [6, 6.07) is 11.0. The Labute approximate surface area is 187 Å². The molecule has 0 amide bonds. The molecule has 0 radical (unpaired) electrons. The molecule has 2 aromatic heterocycles. The van der Waals surface area contributed by atoms with E-state index in [2.05, 4.69) is 21.9 Å². The van der Waals surface area contributed by atoms with Crippen molar-refractivity contribution in [2.45, 2.75) is 19.4 Å². The predicted octanol–water partition coefficient (Wildman–Crippen LogP) is 2.11. The van der Waals surface area contributed by atoms with Crippen LogP contribution in [0.25, 0.3) is 11.3 Å². The first-order chi connectivity index (χ1) is 15.5. The first-order valence-corrected chi connectivity index (χ1v) is 10.9. The highest BCUT2D eigenvalue weighted by atomic mass is 16.3. The van der Waals surface area contributed by atoms with Crippen LogP contribution in [0.1, 0.15) is 18.6 Å². The smallest absolute Gasteiger partial charge is 0.351 e. The fraction of sp³-hybridized carbons (Fsp3) is 0.391. The number of furan rings is 1. The van der Waals surface area contributed by atoms with E-state index >= 15 is 0 Å². The number of nitrogens with zero attached hydrogens (tertiary/aromatic N) is 5. The van der Waals surface area contributed by atoms with Crippen LogP contribution in [-0.2, 0) is 6.54 Å². The van der Waals surface area contributed by atoms with Crippen molar-refractivity contribution in [3.8, 4) is 17.2 Å². The number of anilines is 1. The summed E-state index contributed by atoms with van der Waals surface area (Å²) in [5, 5.41) is 14.3. The zero-order valence-electron chi connectivity index (χ0n) is 18.4. The van der Waals surface area contributed by atoms with Crippen LogP contribution in [0.4, 0.5) is 5.69 Å². The standard InChI is InChI=1S/C23H30N6O3/c1-26-12-14-27(15-13-26)10-2-3-11-28-22(30)17-29(23(28)31)25-16-20-8-9-21(32-20)18-4-6-19(24)7-5-18/h4-9,16-17,30H,2-3,10-15,24H2,1H3. The van der Waals surface area contributed by atoms with Gasteiger partial charge in [-0.25, -0.2) is 4.79 Å². The molecule has 0 saturated carbocycles. The van der Waals surface area contributed by atoms with Gasteiger partial charge in [-0.15, -0.1) is 0 Å². The minimum atomic E-state index is -0.372. The van der Waals surface area contributed by atoms with Gasteiger partial charge in [0.1, 0.15) is 11.5 Å². The molecule has 3 N–H and O–H groups in total. The Morgan fingerprint density at radius 2 is 1.78 bits per heavy atom. The summed E-state index contributed by atoms with van der Waals surface area (Å²) in [6.07, 6.45) is 4.57. The minimum absolute atomic E-state index is 0.0891. The lowest BCUT2D eigenvalue weighted by Crippen LogP contribution is -2.44. The van der Waals surface area contributed by atoms with Crippen molar-refractivity contribution < 1.29 is 9.52 Å². The van der Waals surface area contributed by atoms with Crippen LogP contribution in [0.5, 0.6) is 5.88 Å². The van der Waals surface area contributed by atoms with Gasteiger partial charge in [-0.2, -0.15) is 9.78 Å². The average molecular weight is 439 g/mol. The maximum Gasteiger partial charge on any atom is 0.351 e. The van der Waals surface area contributed by atoms with Crippen molar-refractivity contribution >= 4 is 11.9 Å². The molecule has 4 rings (SSSR count). The molecule has 0 atom stereocenters. The lowest BCUT2D eigenvalue weighted by atomic mass is 10.1. The molecule has 1 fully saturated rings. The van der Waals surface area contributed by atoms with Gasteiger partial charge in [0.2, 0.25) is 5.88 Å². The highest BCUT2D eigenvalue weighted by Crippen LogP contribution is 2.22. The Morgan fingerprint density at radius 1 is 1.06 bits per heavy atom. The number of likely N-dealkylation sites (N-methyl/N-ethyl adjacent to an activating group) is 1. The number of hydrogen-bond donors (Lipinski definition) is 2. The maximum absolute atomic E-state index is 12.6.